The highest BCUT2D eigenvalue weighted by atomic mass is 32.1. The van der Waals surface area contributed by atoms with Crippen LogP contribution in [0.5, 0.6) is 0 Å². The smallest absolute Gasteiger partial charge is 0.263 e. The molecule has 144 valence electrons. The van der Waals surface area contributed by atoms with Gasteiger partial charge in [0.1, 0.15) is 9.88 Å². The lowest BCUT2D eigenvalue weighted by Crippen LogP contribution is -2.49. The van der Waals surface area contributed by atoms with Gasteiger partial charge in [-0.1, -0.05) is 0 Å². The van der Waals surface area contributed by atoms with E-state index >= 15 is 0 Å². The second-order valence-corrected chi connectivity index (χ2v) is 8.77. The molecule has 1 N–H and O–H groups in total. The molecule has 1 amide bonds. The van der Waals surface area contributed by atoms with Crippen molar-refractivity contribution in [1.29, 1.82) is 0 Å². The van der Waals surface area contributed by atoms with Crippen LogP contribution in [0.15, 0.2) is 6.20 Å². The number of carbonyl (C=O) groups excluding carboxylic acids is 1. The maximum Gasteiger partial charge on any atom is 0.263 e. The van der Waals surface area contributed by atoms with Crippen molar-refractivity contribution in [2.24, 2.45) is 11.8 Å². The second kappa shape index (κ2) is 8.78. The normalized spacial score (nSPS) is 28.3. The molecular weight excluding hydrogens is 350 g/mol. The molecule has 4 rings (SSSR count). The third-order valence-electron chi connectivity index (χ3n) is 5.92. The highest BCUT2D eigenvalue weighted by molar-refractivity contribution is 7.13. The molecule has 0 radical (unpaired) electrons. The molecule has 2 atom stereocenters. The van der Waals surface area contributed by atoms with E-state index < -0.39 is 0 Å². The van der Waals surface area contributed by atoms with Gasteiger partial charge in [-0.15, -0.1) is 11.3 Å². The summed E-state index contributed by atoms with van der Waals surface area (Å²) >= 11 is 1.54. The Bertz CT molecular complexity index is 597. The van der Waals surface area contributed by atoms with E-state index in [1.54, 1.807) is 6.20 Å². The van der Waals surface area contributed by atoms with Gasteiger partial charge in [-0.3, -0.25) is 9.69 Å². The fraction of sp³-hybridized carbons (Fsp3) is 0.789. The standard InChI is InChI=1S/C19H29N3O3S/c23-19(17-11-20-18(26-17)12-22-6-1-2-7-22)21-16-5-10-25-13-15(16)14-3-8-24-9-4-14/h11,14-16H,1-10,12-13H2,(H,21,23)/t15-,16-/m1/s1. The molecular formula is C19H29N3O3S. The van der Waals surface area contributed by atoms with E-state index in [-0.39, 0.29) is 11.9 Å². The molecule has 3 saturated heterocycles. The molecule has 4 heterocycles. The predicted molar refractivity (Wildman–Crippen MR) is 100 cm³/mol. The molecule has 1 aromatic rings. The lowest BCUT2D eigenvalue weighted by atomic mass is 9.79. The monoisotopic (exact) mass is 379 g/mol. The summed E-state index contributed by atoms with van der Waals surface area (Å²) in [7, 11) is 0. The van der Waals surface area contributed by atoms with E-state index in [0.29, 0.717) is 11.8 Å². The fourth-order valence-corrected chi connectivity index (χ4v) is 5.27. The van der Waals surface area contributed by atoms with E-state index in [4.69, 9.17) is 9.47 Å². The Morgan fingerprint density at radius 1 is 1.19 bits per heavy atom. The summed E-state index contributed by atoms with van der Waals surface area (Å²) < 4.78 is 11.2. The molecule has 1 aromatic heterocycles. The molecule has 0 bridgehead atoms. The summed E-state index contributed by atoms with van der Waals surface area (Å²) in [6.07, 6.45) is 7.33. The lowest BCUT2D eigenvalue weighted by molar-refractivity contribution is -0.0259. The van der Waals surface area contributed by atoms with Gasteiger partial charge in [0.15, 0.2) is 0 Å². The molecule has 0 unspecified atom stereocenters. The molecule has 3 fully saturated rings. The van der Waals surface area contributed by atoms with Gasteiger partial charge in [0.25, 0.3) is 5.91 Å². The fourth-order valence-electron chi connectivity index (χ4n) is 4.41. The summed E-state index contributed by atoms with van der Waals surface area (Å²) in [5.74, 6) is 1.01. The number of rotatable bonds is 5. The maximum atomic E-state index is 12.8. The number of nitrogens with zero attached hydrogens (tertiary/aromatic N) is 2. The van der Waals surface area contributed by atoms with Gasteiger partial charge < -0.3 is 14.8 Å². The number of likely N-dealkylation sites (tertiary alicyclic amines) is 1. The molecule has 3 aliphatic heterocycles. The summed E-state index contributed by atoms with van der Waals surface area (Å²) in [4.78, 5) is 20.4. The molecule has 6 nitrogen and oxygen atoms in total. The molecule has 0 aromatic carbocycles. The van der Waals surface area contributed by atoms with Crippen LogP contribution in [0.2, 0.25) is 0 Å². The first-order valence-corrected chi connectivity index (χ1v) is 10.7. The summed E-state index contributed by atoms with van der Waals surface area (Å²) in [6.45, 7) is 6.31. The number of aromatic nitrogens is 1. The minimum absolute atomic E-state index is 0.0270. The van der Waals surface area contributed by atoms with Crippen LogP contribution in [0.4, 0.5) is 0 Å². The first kappa shape index (κ1) is 18.3. The zero-order chi connectivity index (χ0) is 17.8. The third kappa shape index (κ3) is 4.44. The van der Waals surface area contributed by atoms with E-state index in [0.717, 1.165) is 75.2 Å². The van der Waals surface area contributed by atoms with Crippen molar-refractivity contribution >= 4 is 17.2 Å². The van der Waals surface area contributed by atoms with Crippen LogP contribution in [-0.4, -0.2) is 61.3 Å². The SMILES string of the molecule is O=C(N[C@@H]1CCOC[C@@H]1C1CCOCC1)c1cnc(CN2CCCC2)s1. The van der Waals surface area contributed by atoms with Gasteiger partial charge >= 0.3 is 0 Å². The number of carbonyl (C=O) groups is 1. The number of hydrogen-bond acceptors (Lipinski definition) is 6. The minimum Gasteiger partial charge on any atom is -0.381 e. The van der Waals surface area contributed by atoms with Crippen molar-refractivity contribution in [3.8, 4) is 0 Å². The van der Waals surface area contributed by atoms with Gasteiger partial charge in [-0.05, 0) is 51.1 Å². The topological polar surface area (TPSA) is 63.7 Å². The van der Waals surface area contributed by atoms with Gasteiger partial charge in [0.05, 0.1) is 19.3 Å². The zero-order valence-corrected chi connectivity index (χ0v) is 16.1. The van der Waals surface area contributed by atoms with Crippen molar-refractivity contribution in [3.63, 3.8) is 0 Å². The Kier molecular flexibility index (Phi) is 6.20. The van der Waals surface area contributed by atoms with E-state index in [2.05, 4.69) is 15.2 Å². The van der Waals surface area contributed by atoms with Gasteiger partial charge in [0, 0.05) is 31.8 Å². The Hall–Kier alpha value is -1.02. The van der Waals surface area contributed by atoms with Crippen LogP contribution >= 0.6 is 11.3 Å². The molecule has 0 aliphatic carbocycles. The second-order valence-electron chi connectivity index (χ2n) is 7.66. The van der Waals surface area contributed by atoms with Crippen molar-refractivity contribution < 1.29 is 14.3 Å². The Morgan fingerprint density at radius 3 is 2.77 bits per heavy atom. The average Bonchev–Trinajstić information content (AvgIpc) is 3.35. The van der Waals surface area contributed by atoms with Crippen molar-refractivity contribution in [3.05, 3.63) is 16.1 Å². The lowest BCUT2D eigenvalue weighted by Gasteiger charge is -2.38. The largest absolute Gasteiger partial charge is 0.381 e. The van der Waals surface area contributed by atoms with Crippen LogP contribution in [0.1, 0.15) is 46.8 Å². The molecule has 26 heavy (non-hydrogen) atoms. The quantitative estimate of drug-likeness (QED) is 0.850. The van der Waals surface area contributed by atoms with Gasteiger partial charge in [-0.2, -0.15) is 0 Å². The maximum absolute atomic E-state index is 12.8. The Balaban J connectivity index is 1.35. The Morgan fingerprint density at radius 2 is 1.96 bits per heavy atom. The van der Waals surface area contributed by atoms with E-state index in [9.17, 15) is 4.79 Å². The molecule has 0 spiro atoms. The van der Waals surface area contributed by atoms with Crippen LogP contribution in [0.3, 0.4) is 0 Å². The van der Waals surface area contributed by atoms with Crippen molar-refractivity contribution in [2.45, 2.75) is 44.7 Å². The van der Waals surface area contributed by atoms with Crippen LogP contribution in [-0.2, 0) is 16.0 Å². The molecule has 0 saturated carbocycles. The Labute approximate surface area is 159 Å². The molecule has 7 heteroatoms. The summed E-state index contributed by atoms with van der Waals surface area (Å²) in [5.41, 5.74) is 0. The van der Waals surface area contributed by atoms with Crippen LogP contribution in [0, 0.1) is 11.8 Å². The first-order valence-electron chi connectivity index (χ1n) is 9.93. The predicted octanol–water partition coefficient (Wildman–Crippen LogP) is 2.30. The van der Waals surface area contributed by atoms with Crippen LogP contribution < -0.4 is 5.32 Å². The summed E-state index contributed by atoms with van der Waals surface area (Å²) in [5, 5.41) is 4.33. The number of nitrogens with one attached hydrogen (secondary N) is 1. The third-order valence-corrected chi connectivity index (χ3v) is 6.90. The van der Waals surface area contributed by atoms with Crippen LogP contribution in [0.25, 0.3) is 0 Å². The number of hydrogen-bond donors (Lipinski definition) is 1. The average molecular weight is 380 g/mol. The van der Waals surface area contributed by atoms with E-state index in [1.165, 1.54) is 24.2 Å². The van der Waals surface area contributed by atoms with Crippen molar-refractivity contribution in [1.82, 2.24) is 15.2 Å². The zero-order valence-electron chi connectivity index (χ0n) is 15.3. The summed E-state index contributed by atoms with van der Waals surface area (Å²) in [6, 6.07) is 0.198. The highest BCUT2D eigenvalue weighted by Gasteiger charge is 2.34. The van der Waals surface area contributed by atoms with Crippen molar-refractivity contribution in [2.75, 3.05) is 39.5 Å². The van der Waals surface area contributed by atoms with E-state index in [1.807, 2.05) is 0 Å². The number of amides is 1. The van der Waals surface area contributed by atoms with Gasteiger partial charge in [-0.25, -0.2) is 4.98 Å². The first-order chi connectivity index (χ1) is 12.8. The minimum atomic E-state index is 0.0270. The highest BCUT2D eigenvalue weighted by Crippen LogP contribution is 2.30. The van der Waals surface area contributed by atoms with Gasteiger partial charge in [0.2, 0.25) is 0 Å². The number of thiazole rings is 1. The number of ether oxygens (including phenoxy) is 2. The molecule has 3 aliphatic rings.